The van der Waals surface area contributed by atoms with Gasteiger partial charge in [-0.05, 0) is 42.5 Å². The second-order valence-corrected chi connectivity index (χ2v) is 6.45. The number of hydrogen-bond acceptors (Lipinski definition) is 7. The molecule has 1 aliphatic rings. The van der Waals surface area contributed by atoms with E-state index >= 15 is 0 Å². The van der Waals surface area contributed by atoms with Crippen LogP contribution >= 0.6 is 0 Å². The van der Waals surface area contributed by atoms with Gasteiger partial charge in [-0.3, -0.25) is 0 Å². The SMILES string of the molecule is COC(=O)C1=C(C(=O)OC)N(c2ccc(Oc3ccc(F)cc3)cc2C(F)(F)F)COC1. The largest absolute Gasteiger partial charge is 0.466 e. The minimum atomic E-state index is -4.86. The highest BCUT2D eigenvalue weighted by Crippen LogP contribution is 2.41. The van der Waals surface area contributed by atoms with Crippen LogP contribution in [0, 0.1) is 5.82 Å². The number of esters is 2. The molecule has 0 unspecified atom stereocenters. The summed E-state index contributed by atoms with van der Waals surface area (Å²) in [5.41, 5.74) is -2.34. The first-order chi connectivity index (χ1) is 15.2. The van der Waals surface area contributed by atoms with Crippen molar-refractivity contribution in [3.05, 3.63) is 65.1 Å². The number of carbonyl (C=O) groups excluding carboxylic acids is 2. The maximum absolute atomic E-state index is 13.9. The Kier molecular flexibility index (Phi) is 6.68. The lowest BCUT2D eigenvalue weighted by atomic mass is 10.1. The first-order valence-electron chi connectivity index (χ1n) is 9.05. The number of rotatable bonds is 5. The second kappa shape index (κ2) is 9.27. The van der Waals surface area contributed by atoms with E-state index in [9.17, 15) is 27.2 Å². The van der Waals surface area contributed by atoms with E-state index in [1.54, 1.807) is 0 Å². The van der Waals surface area contributed by atoms with Crippen LogP contribution in [0.4, 0.5) is 23.2 Å². The van der Waals surface area contributed by atoms with E-state index in [0.717, 1.165) is 43.4 Å². The molecule has 170 valence electrons. The van der Waals surface area contributed by atoms with Crippen LogP contribution in [-0.2, 0) is 30.0 Å². The Hall–Kier alpha value is -3.60. The summed E-state index contributed by atoms with van der Waals surface area (Å²) < 4.78 is 74.7. The van der Waals surface area contributed by atoms with E-state index in [1.807, 2.05) is 0 Å². The van der Waals surface area contributed by atoms with Crippen molar-refractivity contribution in [3.63, 3.8) is 0 Å². The Morgan fingerprint density at radius 1 is 0.969 bits per heavy atom. The number of nitrogens with zero attached hydrogens (tertiary/aromatic N) is 1. The van der Waals surface area contributed by atoms with E-state index < -0.39 is 47.6 Å². The molecule has 0 atom stereocenters. The van der Waals surface area contributed by atoms with E-state index in [4.69, 9.17) is 9.47 Å². The fourth-order valence-corrected chi connectivity index (χ4v) is 3.01. The zero-order chi connectivity index (χ0) is 23.5. The Morgan fingerprint density at radius 2 is 1.59 bits per heavy atom. The summed E-state index contributed by atoms with van der Waals surface area (Å²) in [6, 6.07) is 7.73. The summed E-state index contributed by atoms with van der Waals surface area (Å²) in [4.78, 5) is 25.3. The van der Waals surface area contributed by atoms with Crippen LogP contribution in [0.5, 0.6) is 11.5 Å². The van der Waals surface area contributed by atoms with Crippen LogP contribution in [0.1, 0.15) is 5.56 Å². The minimum absolute atomic E-state index is 0.122. The molecule has 1 aliphatic heterocycles. The maximum Gasteiger partial charge on any atom is 0.418 e. The van der Waals surface area contributed by atoms with Crippen LogP contribution in [0.3, 0.4) is 0 Å². The van der Waals surface area contributed by atoms with Crippen molar-refractivity contribution >= 4 is 17.6 Å². The minimum Gasteiger partial charge on any atom is -0.466 e. The van der Waals surface area contributed by atoms with Gasteiger partial charge >= 0.3 is 18.1 Å². The standard InChI is InChI=1S/C21H17F4NO6/c1-29-19(27)15-10-31-11-26(18(15)20(28)30-2)17-8-7-14(9-16(17)21(23,24)25)32-13-5-3-12(22)4-6-13/h3-9H,10-11H2,1-2H3. The van der Waals surface area contributed by atoms with Gasteiger partial charge in [0, 0.05) is 0 Å². The Bertz CT molecular complexity index is 1050. The molecular formula is C21H17F4NO6. The van der Waals surface area contributed by atoms with Gasteiger partial charge in [-0.1, -0.05) is 0 Å². The van der Waals surface area contributed by atoms with Gasteiger partial charge in [-0.15, -0.1) is 0 Å². The van der Waals surface area contributed by atoms with Crippen LogP contribution in [0.25, 0.3) is 0 Å². The molecule has 1 heterocycles. The topological polar surface area (TPSA) is 74.3 Å². The predicted molar refractivity (Wildman–Crippen MR) is 102 cm³/mol. The quantitative estimate of drug-likeness (QED) is 0.498. The highest BCUT2D eigenvalue weighted by molar-refractivity contribution is 6.03. The lowest BCUT2D eigenvalue weighted by Crippen LogP contribution is -2.39. The molecule has 11 heteroatoms. The Labute approximate surface area is 179 Å². The average Bonchev–Trinajstić information content (AvgIpc) is 2.78. The summed E-state index contributed by atoms with van der Waals surface area (Å²) in [6.07, 6.45) is -4.86. The highest BCUT2D eigenvalue weighted by atomic mass is 19.4. The number of hydrogen-bond donors (Lipinski definition) is 0. The third-order valence-corrected chi connectivity index (χ3v) is 4.45. The molecule has 0 spiro atoms. The Balaban J connectivity index is 2.09. The molecule has 0 aliphatic carbocycles. The number of halogens is 4. The highest BCUT2D eigenvalue weighted by Gasteiger charge is 2.39. The van der Waals surface area contributed by atoms with Gasteiger partial charge in [0.15, 0.2) is 0 Å². The molecule has 2 aromatic carbocycles. The summed E-state index contributed by atoms with van der Waals surface area (Å²) in [6.45, 7) is -0.799. The number of ether oxygens (including phenoxy) is 4. The first kappa shape index (κ1) is 23.1. The van der Waals surface area contributed by atoms with Crippen molar-refractivity contribution in [3.8, 4) is 11.5 Å². The summed E-state index contributed by atoms with van der Waals surface area (Å²) in [5.74, 6) is -2.56. The molecule has 0 aromatic heterocycles. The summed E-state index contributed by atoms with van der Waals surface area (Å²) in [5, 5.41) is 0. The van der Waals surface area contributed by atoms with Crippen molar-refractivity contribution in [2.24, 2.45) is 0 Å². The zero-order valence-corrected chi connectivity index (χ0v) is 16.9. The molecule has 7 nitrogen and oxygen atoms in total. The van der Waals surface area contributed by atoms with Crippen LogP contribution in [0.2, 0.25) is 0 Å². The molecule has 0 bridgehead atoms. The summed E-state index contributed by atoms with van der Waals surface area (Å²) in [7, 11) is 2.09. The van der Waals surface area contributed by atoms with Gasteiger partial charge in [0.25, 0.3) is 0 Å². The number of anilines is 1. The number of methoxy groups -OCH3 is 2. The molecule has 0 fully saturated rings. The molecule has 3 rings (SSSR count). The summed E-state index contributed by atoms with van der Waals surface area (Å²) >= 11 is 0. The van der Waals surface area contributed by atoms with Crippen molar-refractivity contribution in [1.29, 1.82) is 0 Å². The number of carbonyl (C=O) groups is 2. The number of benzene rings is 2. The smallest absolute Gasteiger partial charge is 0.418 e. The average molecular weight is 455 g/mol. The van der Waals surface area contributed by atoms with Crippen LogP contribution in [0.15, 0.2) is 53.7 Å². The molecule has 2 aromatic rings. The number of alkyl halides is 3. The molecule has 0 saturated carbocycles. The van der Waals surface area contributed by atoms with Crippen molar-refractivity contribution in [1.82, 2.24) is 0 Å². The predicted octanol–water partition coefficient (Wildman–Crippen LogP) is 4.03. The molecule has 0 saturated heterocycles. The fourth-order valence-electron chi connectivity index (χ4n) is 3.01. The maximum atomic E-state index is 13.9. The monoisotopic (exact) mass is 455 g/mol. The van der Waals surface area contributed by atoms with Crippen LogP contribution < -0.4 is 9.64 Å². The van der Waals surface area contributed by atoms with Gasteiger partial charge in [0.05, 0.1) is 37.7 Å². The molecule has 0 amide bonds. The molecular weight excluding hydrogens is 438 g/mol. The molecule has 0 radical (unpaired) electrons. The Morgan fingerprint density at radius 3 is 2.19 bits per heavy atom. The van der Waals surface area contributed by atoms with Gasteiger partial charge in [0.2, 0.25) is 0 Å². The normalized spacial score (nSPS) is 14.2. The fraction of sp³-hybridized carbons (Fsp3) is 0.238. The van der Waals surface area contributed by atoms with Crippen molar-refractivity contribution in [2.45, 2.75) is 6.18 Å². The molecule has 32 heavy (non-hydrogen) atoms. The van der Waals surface area contributed by atoms with Gasteiger partial charge in [-0.25, -0.2) is 14.0 Å². The van der Waals surface area contributed by atoms with Gasteiger partial charge < -0.3 is 23.8 Å². The van der Waals surface area contributed by atoms with Crippen LogP contribution in [-0.4, -0.2) is 39.5 Å². The lowest BCUT2D eigenvalue weighted by molar-refractivity contribution is -0.141. The zero-order valence-electron chi connectivity index (χ0n) is 16.9. The third-order valence-electron chi connectivity index (χ3n) is 4.45. The van der Waals surface area contributed by atoms with Crippen molar-refractivity contribution < 1.29 is 46.1 Å². The van der Waals surface area contributed by atoms with E-state index in [2.05, 4.69) is 9.47 Å². The first-order valence-corrected chi connectivity index (χ1v) is 9.05. The van der Waals surface area contributed by atoms with Crippen molar-refractivity contribution in [2.75, 3.05) is 32.5 Å². The second-order valence-electron chi connectivity index (χ2n) is 6.45. The van der Waals surface area contributed by atoms with E-state index in [0.29, 0.717) is 0 Å². The van der Waals surface area contributed by atoms with Gasteiger partial charge in [-0.2, -0.15) is 13.2 Å². The van der Waals surface area contributed by atoms with Gasteiger partial charge in [0.1, 0.15) is 29.7 Å². The van der Waals surface area contributed by atoms with E-state index in [-0.39, 0.29) is 23.7 Å². The molecule has 0 N–H and O–H groups in total. The lowest BCUT2D eigenvalue weighted by Gasteiger charge is -2.33. The third kappa shape index (κ3) is 4.83. The van der Waals surface area contributed by atoms with E-state index in [1.165, 1.54) is 18.2 Å².